The Labute approximate surface area is 146 Å². The van der Waals surface area contributed by atoms with Crippen LogP contribution in [0.1, 0.15) is 27.7 Å². The smallest absolute Gasteiger partial charge is 0.344 e. The molecule has 1 aromatic rings. The van der Waals surface area contributed by atoms with Crippen LogP contribution in [0.2, 0.25) is 0 Å². The van der Waals surface area contributed by atoms with Gasteiger partial charge in [0.1, 0.15) is 0 Å². The van der Waals surface area contributed by atoms with Crippen LogP contribution >= 0.6 is 0 Å². The van der Waals surface area contributed by atoms with Crippen molar-refractivity contribution in [1.82, 2.24) is 10.6 Å². The van der Waals surface area contributed by atoms with E-state index in [0.717, 1.165) is 0 Å². The lowest BCUT2D eigenvalue weighted by Crippen LogP contribution is -2.49. The van der Waals surface area contributed by atoms with Gasteiger partial charge >= 0.3 is 12.0 Å². The SMILES string of the molecule is CCOc1ccccc1OCC(=O)OCC(=O)NC(=O)NC(C)(C)C. The molecule has 0 atom stereocenters. The summed E-state index contributed by atoms with van der Waals surface area (Å²) in [5, 5.41) is 4.62. The molecule has 0 unspecified atom stereocenters. The number of hydrogen-bond acceptors (Lipinski definition) is 6. The summed E-state index contributed by atoms with van der Waals surface area (Å²) in [6, 6.07) is 6.23. The van der Waals surface area contributed by atoms with Gasteiger partial charge in [0.15, 0.2) is 24.7 Å². The maximum atomic E-state index is 11.6. The zero-order valence-electron chi connectivity index (χ0n) is 14.9. The van der Waals surface area contributed by atoms with Crippen molar-refractivity contribution in [1.29, 1.82) is 0 Å². The van der Waals surface area contributed by atoms with E-state index >= 15 is 0 Å². The number of urea groups is 1. The van der Waals surface area contributed by atoms with E-state index in [1.54, 1.807) is 45.0 Å². The molecule has 0 radical (unpaired) electrons. The molecule has 25 heavy (non-hydrogen) atoms. The van der Waals surface area contributed by atoms with Gasteiger partial charge in [0.25, 0.3) is 5.91 Å². The molecule has 3 amide bonds. The second-order valence-electron chi connectivity index (χ2n) is 6.08. The number of carbonyl (C=O) groups excluding carboxylic acids is 3. The van der Waals surface area contributed by atoms with Crippen LogP contribution in [0.3, 0.4) is 0 Å². The molecule has 0 fully saturated rings. The maximum Gasteiger partial charge on any atom is 0.344 e. The van der Waals surface area contributed by atoms with Gasteiger partial charge in [-0.15, -0.1) is 0 Å². The highest BCUT2D eigenvalue weighted by molar-refractivity contribution is 5.95. The Morgan fingerprint density at radius 2 is 1.60 bits per heavy atom. The lowest BCUT2D eigenvalue weighted by molar-refractivity contribution is -0.150. The molecule has 0 aromatic heterocycles. The first-order valence-electron chi connectivity index (χ1n) is 7.83. The molecule has 1 aromatic carbocycles. The number of esters is 1. The summed E-state index contributed by atoms with van der Waals surface area (Å²) in [5.74, 6) is -0.563. The van der Waals surface area contributed by atoms with Crippen LogP contribution in [0.25, 0.3) is 0 Å². The van der Waals surface area contributed by atoms with Gasteiger partial charge in [-0.3, -0.25) is 10.1 Å². The van der Waals surface area contributed by atoms with Crippen molar-refractivity contribution < 1.29 is 28.6 Å². The molecule has 2 N–H and O–H groups in total. The van der Waals surface area contributed by atoms with E-state index in [4.69, 9.17) is 14.2 Å². The van der Waals surface area contributed by atoms with E-state index in [2.05, 4.69) is 10.6 Å². The molecule has 0 heterocycles. The molecule has 8 nitrogen and oxygen atoms in total. The highest BCUT2D eigenvalue weighted by Gasteiger charge is 2.17. The molecular weight excluding hydrogens is 328 g/mol. The Morgan fingerprint density at radius 1 is 1.00 bits per heavy atom. The first-order chi connectivity index (χ1) is 11.7. The lowest BCUT2D eigenvalue weighted by Gasteiger charge is -2.20. The third-order valence-corrected chi connectivity index (χ3v) is 2.60. The predicted molar refractivity (Wildman–Crippen MR) is 90.5 cm³/mol. The fourth-order valence-electron chi connectivity index (χ4n) is 1.70. The van der Waals surface area contributed by atoms with Crippen molar-refractivity contribution in [2.75, 3.05) is 19.8 Å². The summed E-state index contributed by atoms with van der Waals surface area (Å²) in [5.41, 5.74) is -0.483. The zero-order valence-corrected chi connectivity index (χ0v) is 14.9. The monoisotopic (exact) mass is 352 g/mol. The Balaban J connectivity index is 2.36. The van der Waals surface area contributed by atoms with Crippen LogP contribution in [0.15, 0.2) is 24.3 Å². The van der Waals surface area contributed by atoms with E-state index in [-0.39, 0.29) is 6.61 Å². The van der Waals surface area contributed by atoms with E-state index in [9.17, 15) is 14.4 Å². The summed E-state index contributed by atoms with van der Waals surface area (Å²) >= 11 is 0. The Hall–Kier alpha value is -2.77. The highest BCUT2D eigenvalue weighted by Crippen LogP contribution is 2.26. The average molecular weight is 352 g/mol. The second kappa shape index (κ2) is 9.51. The molecule has 0 bridgehead atoms. The summed E-state index contributed by atoms with van der Waals surface area (Å²) in [6.45, 7) is 6.65. The van der Waals surface area contributed by atoms with Crippen molar-refractivity contribution in [3.8, 4) is 11.5 Å². The van der Waals surface area contributed by atoms with Gasteiger partial charge in [0.05, 0.1) is 6.61 Å². The van der Waals surface area contributed by atoms with Crippen LogP contribution in [0.4, 0.5) is 4.79 Å². The first-order valence-corrected chi connectivity index (χ1v) is 7.83. The van der Waals surface area contributed by atoms with Gasteiger partial charge in [-0.05, 0) is 39.8 Å². The molecule has 8 heteroatoms. The normalized spacial score (nSPS) is 10.6. The molecule has 138 valence electrons. The molecule has 1 rings (SSSR count). The van der Waals surface area contributed by atoms with Crippen LogP contribution < -0.4 is 20.1 Å². The topological polar surface area (TPSA) is 103 Å². The number of carbonyl (C=O) groups is 3. The fourth-order valence-corrected chi connectivity index (χ4v) is 1.70. The zero-order chi connectivity index (χ0) is 18.9. The van der Waals surface area contributed by atoms with Crippen molar-refractivity contribution in [2.24, 2.45) is 0 Å². The highest BCUT2D eigenvalue weighted by atomic mass is 16.6. The number of benzene rings is 1. The quantitative estimate of drug-likeness (QED) is 0.723. The van der Waals surface area contributed by atoms with Crippen molar-refractivity contribution >= 4 is 17.9 Å². The largest absolute Gasteiger partial charge is 0.490 e. The van der Waals surface area contributed by atoms with Gasteiger partial charge in [-0.2, -0.15) is 0 Å². The number of hydrogen-bond donors (Lipinski definition) is 2. The van der Waals surface area contributed by atoms with Crippen molar-refractivity contribution in [3.05, 3.63) is 24.3 Å². The van der Waals surface area contributed by atoms with E-state index in [1.165, 1.54) is 0 Å². The molecule has 0 aliphatic carbocycles. The van der Waals surface area contributed by atoms with E-state index in [0.29, 0.717) is 18.1 Å². The first kappa shape index (κ1) is 20.3. The summed E-state index contributed by atoms with van der Waals surface area (Å²) in [4.78, 5) is 34.7. The Kier molecular flexibility index (Phi) is 7.71. The third kappa shape index (κ3) is 8.59. The standard InChI is InChI=1S/C17H24N2O6/c1-5-23-12-8-6-7-9-13(12)24-11-15(21)25-10-14(20)18-16(22)19-17(2,3)4/h6-9H,5,10-11H2,1-4H3,(H2,18,19,20,22). The minimum Gasteiger partial charge on any atom is -0.490 e. The number of nitrogens with one attached hydrogen (secondary N) is 2. The molecule has 0 saturated carbocycles. The number of rotatable bonds is 7. The van der Waals surface area contributed by atoms with Crippen molar-refractivity contribution in [3.63, 3.8) is 0 Å². The molecule has 0 aliphatic rings. The lowest BCUT2D eigenvalue weighted by atomic mass is 10.1. The van der Waals surface area contributed by atoms with Gasteiger partial charge in [0.2, 0.25) is 0 Å². The van der Waals surface area contributed by atoms with E-state index < -0.39 is 30.1 Å². The summed E-state index contributed by atoms with van der Waals surface area (Å²) in [6.07, 6.45) is 0. The molecule has 0 spiro atoms. The van der Waals surface area contributed by atoms with Gasteiger partial charge < -0.3 is 19.5 Å². The van der Waals surface area contributed by atoms with Gasteiger partial charge in [-0.1, -0.05) is 12.1 Å². The van der Waals surface area contributed by atoms with E-state index in [1.807, 2.05) is 6.92 Å². The number of para-hydroxylation sites is 2. The number of amides is 3. The third-order valence-electron chi connectivity index (χ3n) is 2.60. The molecule has 0 saturated heterocycles. The van der Waals surface area contributed by atoms with Crippen LogP contribution in [0.5, 0.6) is 11.5 Å². The van der Waals surface area contributed by atoms with Crippen LogP contribution in [-0.2, 0) is 14.3 Å². The predicted octanol–water partition coefficient (Wildman–Crippen LogP) is 1.63. The fraction of sp³-hybridized carbons (Fsp3) is 0.471. The number of imide groups is 1. The Morgan fingerprint density at radius 3 is 2.16 bits per heavy atom. The number of ether oxygens (including phenoxy) is 3. The average Bonchev–Trinajstić information content (AvgIpc) is 2.50. The van der Waals surface area contributed by atoms with Gasteiger partial charge in [0, 0.05) is 5.54 Å². The summed E-state index contributed by atoms with van der Waals surface area (Å²) < 4.78 is 15.4. The molecular formula is C17H24N2O6. The van der Waals surface area contributed by atoms with Crippen molar-refractivity contribution in [2.45, 2.75) is 33.2 Å². The minimum absolute atomic E-state index is 0.383. The second-order valence-corrected chi connectivity index (χ2v) is 6.08. The summed E-state index contributed by atoms with van der Waals surface area (Å²) in [7, 11) is 0. The van der Waals surface area contributed by atoms with Gasteiger partial charge in [-0.25, -0.2) is 9.59 Å². The minimum atomic E-state index is -0.738. The Bertz CT molecular complexity index is 609. The van der Waals surface area contributed by atoms with Crippen LogP contribution in [0, 0.1) is 0 Å². The molecule has 0 aliphatic heterocycles. The maximum absolute atomic E-state index is 11.6. The van der Waals surface area contributed by atoms with Crippen LogP contribution in [-0.4, -0.2) is 43.3 Å².